The zero-order valence-electron chi connectivity index (χ0n) is 20.3. The first-order chi connectivity index (χ1) is 17.6. The van der Waals surface area contributed by atoms with Gasteiger partial charge in [-0.3, -0.25) is 9.89 Å². The van der Waals surface area contributed by atoms with Crippen molar-refractivity contribution in [3.8, 4) is 22.8 Å². The van der Waals surface area contributed by atoms with E-state index in [1.54, 1.807) is 7.11 Å². The summed E-state index contributed by atoms with van der Waals surface area (Å²) in [5.74, 6) is 1.24. The van der Waals surface area contributed by atoms with Crippen molar-refractivity contribution in [2.75, 3.05) is 13.7 Å². The zero-order valence-corrected chi connectivity index (χ0v) is 21.1. The molecule has 36 heavy (non-hydrogen) atoms. The van der Waals surface area contributed by atoms with Gasteiger partial charge in [0.05, 0.1) is 25.5 Å². The van der Waals surface area contributed by atoms with Crippen molar-refractivity contribution >= 4 is 17.5 Å². The summed E-state index contributed by atoms with van der Waals surface area (Å²) in [5, 5.41) is 8.20. The fourth-order valence-electron chi connectivity index (χ4n) is 4.61. The van der Waals surface area contributed by atoms with Gasteiger partial charge in [-0.25, -0.2) is 0 Å². The molecular formula is C29H28ClN3O3. The fraction of sp³-hybridized carbons (Fsp3) is 0.241. The van der Waals surface area contributed by atoms with Gasteiger partial charge in [0.15, 0.2) is 11.5 Å². The molecule has 0 radical (unpaired) electrons. The molecule has 1 aliphatic rings. The first kappa shape index (κ1) is 23.9. The van der Waals surface area contributed by atoms with Crippen LogP contribution in [0.5, 0.6) is 11.5 Å². The van der Waals surface area contributed by atoms with Crippen molar-refractivity contribution in [2.24, 2.45) is 0 Å². The Balaban J connectivity index is 1.60. The van der Waals surface area contributed by atoms with Crippen molar-refractivity contribution < 1.29 is 14.3 Å². The predicted octanol–water partition coefficient (Wildman–Crippen LogP) is 6.66. The van der Waals surface area contributed by atoms with E-state index in [1.807, 2.05) is 77.7 Å². The SMILES string of the molecule is CCCCOc1ccc(C2c3c(-c4ccc(Cl)cc4)n[nH]c3C(=O)N2Cc2ccccc2)cc1OC. The van der Waals surface area contributed by atoms with Crippen LogP contribution in [0.4, 0.5) is 0 Å². The number of nitrogens with zero attached hydrogens (tertiary/aromatic N) is 2. The summed E-state index contributed by atoms with van der Waals surface area (Å²) < 4.78 is 11.6. The van der Waals surface area contributed by atoms with E-state index < -0.39 is 0 Å². The Kier molecular flexibility index (Phi) is 6.96. The molecule has 7 heteroatoms. The lowest BCUT2D eigenvalue weighted by Gasteiger charge is -2.27. The number of aromatic amines is 1. The molecule has 1 amide bonds. The summed E-state index contributed by atoms with van der Waals surface area (Å²) in [7, 11) is 1.63. The number of nitrogens with one attached hydrogen (secondary N) is 1. The van der Waals surface area contributed by atoms with Gasteiger partial charge in [-0.1, -0.05) is 73.5 Å². The van der Waals surface area contributed by atoms with E-state index in [4.69, 9.17) is 21.1 Å². The van der Waals surface area contributed by atoms with Gasteiger partial charge in [0.25, 0.3) is 5.91 Å². The van der Waals surface area contributed by atoms with E-state index in [0.717, 1.165) is 40.8 Å². The summed E-state index contributed by atoms with van der Waals surface area (Å²) in [4.78, 5) is 15.5. The number of hydrogen-bond donors (Lipinski definition) is 1. The average Bonchev–Trinajstić information content (AvgIpc) is 3.44. The maximum Gasteiger partial charge on any atom is 0.273 e. The number of benzene rings is 3. The second kappa shape index (κ2) is 10.5. The number of hydrogen-bond acceptors (Lipinski definition) is 4. The molecule has 1 unspecified atom stereocenters. The maximum atomic E-state index is 13.7. The molecule has 0 spiro atoms. The third kappa shape index (κ3) is 4.56. The molecule has 2 heterocycles. The van der Waals surface area contributed by atoms with E-state index in [1.165, 1.54) is 0 Å². The number of H-pyrrole nitrogens is 1. The van der Waals surface area contributed by atoms with Gasteiger partial charge < -0.3 is 14.4 Å². The summed E-state index contributed by atoms with van der Waals surface area (Å²) >= 11 is 6.13. The molecule has 4 aromatic rings. The number of methoxy groups -OCH3 is 1. The van der Waals surface area contributed by atoms with Gasteiger partial charge in [0.1, 0.15) is 5.69 Å². The Bertz CT molecular complexity index is 1350. The van der Waals surface area contributed by atoms with Crippen LogP contribution >= 0.6 is 11.6 Å². The molecule has 3 aromatic carbocycles. The zero-order chi connectivity index (χ0) is 25.1. The van der Waals surface area contributed by atoms with Crippen molar-refractivity contribution in [1.29, 1.82) is 0 Å². The van der Waals surface area contributed by atoms with Gasteiger partial charge in [0.2, 0.25) is 0 Å². The smallest absolute Gasteiger partial charge is 0.273 e. The second-order valence-corrected chi connectivity index (χ2v) is 9.24. The van der Waals surface area contributed by atoms with Crippen LogP contribution in [0, 0.1) is 0 Å². The minimum absolute atomic E-state index is 0.0891. The first-order valence-electron chi connectivity index (χ1n) is 12.1. The topological polar surface area (TPSA) is 67.5 Å². The van der Waals surface area contributed by atoms with Gasteiger partial charge in [-0.05, 0) is 41.8 Å². The highest BCUT2D eigenvalue weighted by Gasteiger charge is 2.42. The quantitative estimate of drug-likeness (QED) is 0.260. The highest BCUT2D eigenvalue weighted by Crippen LogP contribution is 2.45. The normalized spacial score (nSPS) is 14.7. The number of rotatable bonds is 9. The summed E-state index contributed by atoms with van der Waals surface area (Å²) in [6.07, 6.45) is 2.02. The molecule has 1 atom stereocenters. The Morgan fingerprint density at radius 2 is 1.81 bits per heavy atom. The Hall–Kier alpha value is -3.77. The number of halogens is 1. The number of ether oxygens (including phenoxy) is 2. The van der Waals surface area contributed by atoms with Crippen LogP contribution in [-0.4, -0.2) is 34.7 Å². The minimum atomic E-state index is -0.351. The van der Waals surface area contributed by atoms with Crippen molar-refractivity contribution in [3.63, 3.8) is 0 Å². The van der Waals surface area contributed by atoms with E-state index in [0.29, 0.717) is 35.4 Å². The Morgan fingerprint density at radius 1 is 1.03 bits per heavy atom. The molecule has 1 N–H and O–H groups in total. The van der Waals surface area contributed by atoms with Crippen molar-refractivity contribution in [1.82, 2.24) is 15.1 Å². The Morgan fingerprint density at radius 3 is 2.53 bits per heavy atom. The van der Waals surface area contributed by atoms with E-state index in [-0.39, 0.29) is 11.9 Å². The number of aromatic nitrogens is 2. The predicted molar refractivity (Wildman–Crippen MR) is 141 cm³/mol. The number of carbonyl (C=O) groups is 1. The standard InChI is InChI=1S/C29H28ClN3O3/c1-3-4-16-36-23-15-12-21(17-24(23)35-2)28-25-26(20-10-13-22(30)14-11-20)31-32-27(25)29(34)33(28)18-19-8-6-5-7-9-19/h5-15,17,28H,3-4,16,18H2,1-2H3,(H,31,32). The number of amides is 1. The lowest BCUT2D eigenvalue weighted by atomic mass is 9.95. The molecule has 6 nitrogen and oxygen atoms in total. The monoisotopic (exact) mass is 501 g/mol. The summed E-state index contributed by atoms with van der Waals surface area (Å²) in [6, 6.07) is 23.0. The van der Waals surface area contributed by atoms with Crippen LogP contribution in [0.3, 0.4) is 0 Å². The number of fused-ring (bicyclic) bond motifs is 1. The highest BCUT2D eigenvalue weighted by molar-refractivity contribution is 6.30. The molecule has 0 bridgehead atoms. The molecule has 1 aliphatic heterocycles. The molecule has 1 aromatic heterocycles. The van der Waals surface area contributed by atoms with Gasteiger partial charge in [-0.15, -0.1) is 0 Å². The van der Waals surface area contributed by atoms with Crippen molar-refractivity contribution in [2.45, 2.75) is 32.4 Å². The molecule has 0 saturated heterocycles. The second-order valence-electron chi connectivity index (χ2n) is 8.80. The fourth-order valence-corrected chi connectivity index (χ4v) is 4.74. The van der Waals surface area contributed by atoms with E-state index >= 15 is 0 Å². The molecule has 0 saturated carbocycles. The van der Waals surface area contributed by atoms with Crippen LogP contribution in [0.25, 0.3) is 11.3 Å². The molecule has 5 rings (SSSR count). The van der Waals surface area contributed by atoms with Crippen LogP contribution < -0.4 is 9.47 Å². The largest absolute Gasteiger partial charge is 0.493 e. The van der Waals surface area contributed by atoms with Gasteiger partial charge >= 0.3 is 0 Å². The lowest BCUT2D eigenvalue weighted by molar-refractivity contribution is 0.0730. The first-order valence-corrected chi connectivity index (χ1v) is 12.5. The van der Waals surface area contributed by atoms with Crippen LogP contribution in [0.2, 0.25) is 5.02 Å². The van der Waals surface area contributed by atoms with Gasteiger partial charge in [0, 0.05) is 22.7 Å². The molecule has 0 fully saturated rings. The van der Waals surface area contributed by atoms with Gasteiger partial charge in [-0.2, -0.15) is 5.10 Å². The lowest BCUT2D eigenvalue weighted by Crippen LogP contribution is -2.29. The molecule has 184 valence electrons. The number of carbonyl (C=O) groups excluding carboxylic acids is 1. The number of unbranched alkanes of at least 4 members (excludes halogenated alkanes) is 1. The van der Waals surface area contributed by atoms with Crippen molar-refractivity contribution in [3.05, 3.63) is 100 Å². The summed E-state index contributed by atoms with van der Waals surface area (Å²) in [5.41, 5.74) is 4.95. The Labute approximate surface area is 215 Å². The average molecular weight is 502 g/mol. The maximum absolute atomic E-state index is 13.7. The van der Waals surface area contributed by atoms with E-state index in [9.17, 15) is 4.79 Å². The summed E-state index contributed by atoms with van der Waals surface area (Å²) in [6.45, 7) is 3.22. The molecule has 0 aliphatic carbocycles. The third-order valence-electron chi connectivity index (χ3n) is 6.44. The van der Waals surface area contributed by atoms with Crippen LogP contribution in [0.1, 0.15) is 53.0 Å². The highest BCUT2D eigenvalue weighted by atomic mass is 35.5. The minimum Gasteiger partial charge on any atom is -0.493 e. The van der Waals surface area contributed by atoms with E-state index in [2.05, 4.69) is 17.1 Å². The molecular weight excluding hydrogens is 474 g/mol. The van der Waals surface area contributed by atoms with Crippen LogP contribution in [0.15, 0.2) is 72.8 Å². The third-order valence-corrected chi connectivity index (χ3v) is 6.69. The van der Waals surface area contributed by atoms with Crippen LogP contribution in [-0.2, 0) is 6.54 Å².